The van der Waals surface area contributed by atoms with E-state index in [2.05, 4.69) is 0 Å². The SMILES string of the molecule is Cc1c(C)[n+]([O-])c(-c2ccc(F)cc2)n1O. The van der Waals surface area contributed by atoms with Gasteiger partial charge in [-0.25, -0.2) is 9.12 Å². The van der Waals surface area contributed by atoms with Crippen LogP contribution in [0.5, 0.6) is 0 Å². The number of benzene rings is 1. The van der Waals surface area contributed by atoms with Gasteiger partial charge in [0.2, 0.25) is 0 Å². The molecule has 2 aromatic rings. The minimum Gasteiger partial charge on any atom is -0.710 e. The molecule has 1 N–H and O–H groups in total. The molecule has 0 fully saturated rings. The molecular formula is C11H11FN2O2. The molecule has 84 valence electrons. The van der Waals surface area contributed by atoms with Crippen molar-refractivity contribution in [1.82, 2.24) is 4.73 Å². The first-order valence-corrected chi connectivity index (χ1v) is 4.79. The highest BCUT2D eigenvalue weighted by Crippen LogP contribution is 2.18. The van der Waals surface area contributed by atoms with Gasteiger partial charge in [-0.05, 0) is 29.0 Å². The molecule has 1 aromatic carbocycles. The minimum atomic E-state index is -0.384. The summed E-state index contributed by atoms with van der Waals surface area (Å²) in [4.78, 5) is 0. The third kappa shape index (κ3) is 1.41. The summed E-state index contributed by atoms with van der Waals surface area (Å²) >= 11 is 0. The largest absolute Gasteiger partial charge is 0.710 e. The summed E-state index contributed by atoms with van der Waals surface area (Å²) in [6.45, 7) is 3.25. The number of aromatic nitrogens is 2. The van der Waals surface area contributed by atoms with Crippen LogP contribution < -0.4 is 4.73 Å². The van der Waals surface area contributed by atoms with E-state index in [0.717, 1.165) is 4.73 Å². The fraction of sp³-hybridized carbons (Fsp3) is 0.182. The molecule has 0 saturated carbocycles. The van der Waals surface area contributed by atoms with Gasteiger partial charge in [-0.1, -0.05) is 0 Å². The summed E-state index contributed by atoms with van der Waals surface area (Å²) in [5, 5.41) is 21.5. The molecule has 16 heavy (non-hydrogen) atoms. The zero-order valence-corrected chi connectivity index (χ0v) is 8.94. The minimum absolute atomic E-state index is 0.0926. The molecule has 1 heterocycles. The molecule has 5 heteroatoms. The standard InChI is InChI=1S/C11H11FN2O2/c1-7-8(2)14(16)11(13(7)15)9-3-5-10(12)6-4-9/h3-6,15H,1-2H3. The van der Waals surface area contributed by atoms with Crippen molar-refractivity contribution in [3.05, 3.63) is 46.7 Å². The quantitative estimate of drug-likeness (QED) is 0.454. The van der Waals surface area contributed by atoms with Crippen LogP contribution in [0.3, 0.4) is 0 Å². The summed E-state index contributed by atoms with van der Waals surface area (Å²) < 4.78 is 14.2. The second-order valence-corrected chi connectivity index (χ2v) is 3.61. The summed E-state index contributed by atoms with van der Waals surface area (Å²) in [6.07, 6.45) is 0. The predicted octanol–water partition coefficient (Wildman–Crippen LogP) is 1.78. The van der Waals surface area contributed by atoms with Gasteiger partial charge in [-0.15, -0.1) is 0 Å². The van der Waals surface area contributed by atoms with Gasteiger partial charge in [0.05, 0.1) is 5.56 Å². The number of hydrogen-bond donors (Lipinski definition) is 1. The normalized spacial score (nSPS) is 10.7. The van der Waals surface area contributed by atoms with Crippen molar-refractivity contribution < 1.29 is 14.3 Å². The topological polar surface area (TPSA) is 52.1 Å². The molecule has 0 radical (unpaired) electrons. The maximum atomic E-state index is 12.7. The highest BCUT2D eigenvalue weighted by Gasteiger charge is 2.23. The van der Waals surface area contributed by atoms with Gasteiger partial charge in [-0.3, -0.25) is 0 Å². The van der Waals surface area contributed by atoms with E-state index in [-0.39, 0.29) is 11.6 Å². The van der Waals surface area contributed by atoms with Crippen LogP contribution in [0, 0.1) is 24.9 Å². The lowest BCUT2D eigenvalue weighted by molar-refractivity contribution is -0.600. The Morgan fingerprint density at radius 2 is 1.81 bits per heavy atom. The van der Waals surface area contributed by atoms with Crippen LogP contribution >= 0.6 is 0 Å². The van der Waals surface area contributed by atoms with Crippen LogP contribution in [0.2, 0.25) is 0 Å². The maximum Gasteiger partial charge on any atom is 0.331 e. The molecular weight excluding hydrogens is 211 g/mol. The monoisotopic (exact) mass is 222 g/mol. The summed E-state index contributed by atoms with van der Waals surface area (Å²) in [5.41, 5.74) is 1.35. The van der Waals surface area contributed by atoms with Crippen molar-refractivity contribution in [1.29, 1.82) is 0 Å². The van der Waals surface area contributed by atoms with Crippen molar-refractivity contribution in [3.8, 4) is 11.4 Å². The number of hydrogen-bond acceptors (Lipinski definition) is 2. The predicted molar refractivity (Wildman–Crippen MR) is 55.4 cm³/mol. The Labute approximate surface area is 91.7 Å². The molecule has 0 aliphatic carbocycles. The lowest BCUT2D eigenvalue weighted by atomic mass is 10.2. The number of rotatable bonds is 1. The second kappa shape index (κ2) is 3.52. The van der Waals surface area contributed by atoms with Gasteiger partial charge in [-0.2, -0.15) is 0 Å². The molecule has 1 aromatic heterocycles. The van der Waals surface area contributed by atoms with Crippen LogP contribution in [-0.4, -0.2) is 9.94 Å². The van der Waals surface area contributed by atoms with Gasteiger partial charge >= 0.3 is 5.82 Å². The average Bonchev–Trinajstić information content (AvgIpc) is 2.46. The van der Waals surface area contributed by atoms with Crippen molar-refractivity contribution in [3.63, 3.8) is 0 Å². The van der Waals surface area contributed by atoms with Crippen molar-refractivity contribution in [2.75, 3.05) is 0 Å². The number of nitrogens with zero attached hydrogens (tertiary/aromatic N) is 2. The number of halogens is 1. The highest BCUT2D eigenvalue weighted by atomic mass is 19.1. The molecule has 0 spiro atoms. The van der Waals surface area contributed by atoms with E-state index in [1.54, 1.807) is 13.8 Å². The fourth-order valence-corrected chi connectivity index (χ4v) is 1.54. The first-order chi connectivity index (χ1) is 7.52. The Morgan fingerprint density at radius 3 is 2.25 bits per heavy atom. The smallest absolute Gasteiger partial charge is 0.331 e. The van der Waals surface area contributed by atoms with Gasteiger partial charge < -0.3 is 10.4 Å². The van der Waals surface area contributed by atoms with Crippen LogP contribution in [0.25, 0.3) is 11.4 Å². The maximum absolute atomic E-state index is 12.7. The van der Waals surface area contributed by atoms with E-state index in [4.69, 9.17) is 0 Å². The van der Waals surface area contributed by atoms with E-state index in [1.807, 2.05) is 0 Å². The molecule has 2 rings (SSSR count). The lowest BCUT2D eigenvalue weighted by Crippen LogP contribution is -2.30. The molecule has 0 aliphatic heterocycles. The molecule has 0 bridgehead atoms. The Balaban J connectivity index is 2.64. The summed E-state index contributed by atoms with van der Waals surface area (Å²) in [7, 11) is 0. The first kappa shape index (κ1) is 10.5. The van der Waals surface area contributed by atoms with Gasteiger partial charge in [0, 0.05) is 13.8 Å². The molecule has 0 unspecified atom stereocenters. The summed E-state index contributed by atoms with van der Waals surface area (Å²) in [6, 6.07) is 5.38. The van der Waals surface area contributed by atoms with Crippen LogP contribution in [0.4, 0.5) is 4.39 Å². The van der Waals surface area contributed by atoms with Crippen molar-refractivity contribution >= 4 is 0 Å². The Kier molecular flexibility index (Phi) is 2.30. The third-order valence-electron chi connectivity index (χ3n) is 2.64. The Hall–Kier alpha value is -2.04. The third-order valence-corrected chi connectivity index (χ3v) is 2.64. The van der Waals surface area contributed by atoms with E-state index in [1.165, 1.54) is 24.3 Å². The number of imidazole rings is 1. The molecule has 4 nitrogen and oxygen atoms in total. The second-order valence-electron chi connectivity index (χ2n) is 3.61. The van der Waals surface area contributed by atoms with Gasteiger partial charge in [0.1, 0.15) is 11.5 Å². The zero-order valence-electron chi connectivity index (χ0n) is 8.94. The Morgan fingerprint density at radius 1 is 1.25 bits per heavy atom. The Bertz CT molecular complexity index is 506. The summed E-state index contributed by atoms with van der Waals surface area (Å²) in [5.74, 6) is -0.291. The molecule has 0 atom stereocenters. The average molecular weight is 222 g/mol. The van der Waals surface area contributed by atoms with Gasteiger partial charge in [0.25, 0.3) is 0 Å². The lowest BCUT2D eigenvalue weighted by Gasteiger charge is -2.03. The van der Waals surface area contributed by atoms with E-state index < -0.39 is 0 Å². The first-order valence-electron chi connectivity index (χ1n) is 4.79. The van der Waals surface area contributed by atoms with Crippen LogP contribution in [0.15, 0.2) is 24.3 Å². The zero-order chi connectivity index (χ0) is 11.9. The van der Waals surface area contributed by atoms with Crippen LogP contribution in [-0.2, 0) is 0 Å². The fourth-order valence-electron chi connectivity index (χ4n) is 1.54. The molecule has 0 saturated heterocycles. The van der Waals surface area contributed by atoms with Crippen LogP contribution in [0.1, 0.15) is 11.4 Å². The van der Waals surface area contributed by atoms with Crippen molar-refractivity contribution in [2.45, 2.75) is 13.8 Å². The van der Waals surface area contributed by atoms with E-state index >= 15 is 0 Å². The van der Waals surface area contributed by atoms with Gasteiger partial charge in [0.15, 0.2) is 5.69 Å². The van der Waals surface area contributed by atoms with E-state index in [0.29, 0.717) is 21.7 Å². The highest BCUT2D eigenvalue weighted by molar-refractivity contribution is 5.53. The molecule has 0 aliphatic rings. The van der Waals surface area contributed by atoms with Crippen molar-refractivity contribution in [2.24, 2.45) is 0 Å². The molecule has 0 amide bonds. The van der Waals surface area contributed by atoms with E-state index in [9.17, 15) is 14.8 Å².